The first-order valence-corrected chi connectivity index (χ1v) is 16.0. The second-order valence-electron chi connectivity index (χ2n) is 11.4. The molecule has 5 rings (SSSR count). The Morgan fingerprint density at radius 2 is 1.65 bits per heavy atom. The Balaban J connectivity index is 1.25. The van der Waals surface area contributed by atoms with Crippen molar-refractivity contribution in [2.75, 3.05) is 12.4 Å². The molecule has 48 heavy (non-hydrogen) atoms. The first-order chi connectivity index (χ1) is 23.0. The molecule has 11 heteroatoms. The van der Waals surface area contributed by atoms with E-state index in [1.165, 1.54) is 7.11 Å². The summed E-state index contributed by atoms with van der Waals surface area (Å²) >= 11 is 3.43. The second kappa shape index (κ2) is 15.0. The predicted octanol–water partition coefficient (Wildman–Crippen LogP) is 7.18. The topological polar surface area (TPSA) is 116 Å². The van der Waals surface area contributed by atoms with Gasteiger partial charge in [0.2, 0.25) is 0 Å². The number of urea groups is 1. The summed E-state index contributed by atoms with van der Waals surface area (Å²) in [4.78, 5) is 38.1. The zero-order chi connectivity index (χ0) is 34.4. The van der Waals surface area contributed by atoms with E-state index in [1.807, 2.05) is 69.3 Å². The zero-order valence-corrected chi connectivity index (χ0v) is 28.8. The third kappa shape index (κ3) is 7.92. The third-order valence-corrected chi connectivity index (χ3v) is 8.47. The van der Waals surface area contributed by atoms with Gasteiger partial charge in [-0.2, -0.15) is 5.10 Å². The molecule has 2 heterocycles. The Hall–Kier alpha value is -5.42. The molecule has 246 valence electrons. The highest BCUT2D eigenvalue weighted by molar-refractivity contribution is 9.10. The van der Waals surface area contributed by atoms with Gasteiger partial charge in [0.1, 0.15) is 22.6 Å². The monoisotopic (exact) mass is 709 g/mol. The van der Waals surface area contributed by atoms with Crippen molar-refractivity contribution in [1.29, 1.82) is 0 Å². The van der Waals surface area contributed by atoms with Gasteiger partial charge >= 0.3 is 12.0 Å². The largest absolute Gasteiger partial charge is 0.487 e. The second-order valence-corrected chi connectivity index (χ2v) is 12.1. The van der Waals surface area contributed by atoms with Crippen LogP contribution in [0.25, 0.3) is 11.3 Å². The lowest BCUT2D eigenvalue weighted by molar-refractivity contribution is 0.0600. The van der Waals surface area contributed by atoms with E-state index >= 15 is 0 Å². The number of hydrogen-bond donors (Lipinski definition) is 2. The third-order valence-electron chi connectivity index (χ3n) is 7.74. The van der Waals surface area contributed by atoms with E-state index in [-0.39, 0.29) is 18.7 Å². The summed E-state index contributed by atoms with van der Waals surface area (Å²) in [5.41, 5.74) is 6.87. The van der Waals surface area contributed by atoms with E-state index in [1.54, 1.807) is 45.6 Å². The number of benzene rings is 3. The first kappa shape index (κ1) is 33.9. The molecule has 0 aliphatic heterocycles. The molecule has 0 aliphatic carbocycles. The van der Waals surface area contributed by atoms with Crippen LogP contribution in [0.5, 0.6) is 5.75 Å². The molecule has 5 aromatic rings. The number of methoxy groups -OCH3 is 1. The molecule has 0 radical (unpaired) electrons. The smallest absolute Gasteiger partial charge is 0.337 e. The summed E-state index contributed by atoms with van der Waals surface area (Å²) in [6, 6.07) is 25.6. The number of anilines is 1. The highest BCUT2D eigenvalue weighted by Crippen LogP contribution is 2.25. The van der Waals surface area contributed by atoms with E-state index < -0.39 is 12.0 Å². The predicted molar refractivity (Wildman–Crippen MR) is 190 cm³/mol. The number of pyridine rings is 1. The highest BCUT2D eigenvalue weighted by Gasteiger charge is 2.16. The van der Waals surface area contributed by atoms with Crippen LogP contribution in [0.1, 0.15) is 50.9 Å². The highest BCUT2D eigenvalue weighted by atomic mass is 79.9. The average molecular weight is 711 g/mol. The van der Waals surface area contributed by atoms with Gasteiger partial charge in [-0.25, -0.2) is 14.3 Å². The molecule has 0 unspecified atom stereocenters. The number of amides is 2. The molecule has 2 aromatic heterocycles. The van der Waals surface area contributed by atoms with Crippen LogP contribution in [0, 0.1) is 13.8 Å². The summed E-state index contributed by atoms with van der Waals surface area (Å²) in [7, 11) is 1.33. The summed E-state index contributed by atoms with van der Waals surface area (Å²) in [6.45, 7) is 10.4. The van der Waals surface area contributed by atoms with Crippen LogP contribution in [0.2, 0.25) is 0 Å². The van der Waals surface area contributed by atoms with Crippen LogP contribution in [0.15, 0.2) is 101 Å². The van der Waals surface area contributed by atoms with E-state index in [2.05, 4.69) is 38.2 Å². The molecular formula is C37H36BrN5O5. The average Bonchev–Trinajstić information content (AvgIpc) is 3.51. The number of ether oxygens (including phenoxy) is 2. The molecule has 10 nitrogen and oxygen atoms in total. The molecule has 0 fully saturated rings. The van der Waals surface area contributed by atoms with Crippen molar-refractivity contribution in [1.82, 2.24) is 19.7 Å². The van der Waals surface area contributed by atoms with Crippen LogP contribution in [0.3, 0.4) is 0 Å². The van der Waals surface area contributed by atoms with Crippen molar-refractivity contribution >= 4 is 39.3 Å². The zero-order valence-electron chi connectivity index (χ0n) is 27.2. The maximum absolute atomic E-state index is 13.3. The number of esters is 1. The lowest BCUT2D eigenvalue weighted by Gasteiger charge is -2.16. The van der Waals surface area contributed by atoms with Crippen LogP contribution < -0.4 is 20.9 Å². The van der Waals surface area contributed by atoms with Crippen molar-refractivity contribution in [2.24, 2.45) is 0 Å². The number of rotatable bonds is 11. The van der Waals surface area contributed by atoms with Gasteiger partial charge in [-0.15, -0.1) is 0 Å². The number of aromatic nitrogens is 3. The summed E-state index contributed by atoms with van der Waals surface area (Å²) in [5, 5.41) is 10.5. The molecule has 0 atom stereocenters. The number of nitrogens with one attached hydrogen (secondary N) is 2. The maximum atomic E-state index is 13.3. The van der Waals surface area contributed by atoms with Gasteiger partial charge in [0.25, 0.3) is 5.56 Å². The lowest BCUT2D eigenvalue weighted by atomic mass is 10.1. The standard InChI is InChI=1S/C37H36BrN5O5/c1-23(2)31-19-33(43(41-31)30-16-10-24(3)11-17-30)40-37(46)39-20-28-8-6-7-9-29(28)22-48-32-18-25(4)42(35(44)34(32)38)21-26-12-14-27(15-13-26)36(45)47-5/h6-19H,1,20-22H2,2-5H3,(H2,39,40,46). The molecule has 2 N–H and O–H groups in total. The normalized spacial score (nSPS) is 10.8. The van der Waals surface area contributed by atoms with E-state index in [0.29, 0.717) is 39.5 Å². The molecule has 0 saturated heterocycles. The summed E-state index contributed by atoms with van der Waals surface area (Å²) in [5.74, 6) is 0.506. The SMILES string of the molecule is C=C(C)c1cc(NC(=O)NCc2ccccc2COc2cc(C)n(Cc3ccc(C(=O)OC)cc3)c(=O)c2Br)n(-c2ccc(C)cc2)n1. The minimum atomic E-state index is -0.417. The summed E-state index contributed by atoms with van der Waals surface area (Å²) < 4.78 is 14.5. The molecule has 0 spiro atoms. The fraction of sp³-hybridized carbons (Fsp3) is 0.189. The van der Waals surface area contributed by atoms with Gasteiger partial charge in [0.05, 0.1) is 30.6 Å². The fourth-order valence-corrected chi connectivity index (χ4v) is 5.43. The Morgan fingerprint density at radius 1 is 0.958 bits per heavy atom. The van der Waals surface area contributed by atoms with E-state index in [0.717, 1.165) is 33.5 Å². The van der Waals surface area contributed by atoms with Crippen LogP contribution in [-0.2, 0) is 24.4 Å². The number of carbonyl (C=O) groups is 2. The van der Waals surface area contributed by atoms with Crippen LogP contribution in [-0.4, -0.2) is 33.5 Å². The molecule has 0 aliphatic rings. The van der Waals surface area contributed by atoms with Gasteiger partial charge in [-0.1, -0.05) is 60.7 Å². The number of allylic oxidation sites excluding steroid dienone is 1. The van der Waals surface area contributed by atoms with Gasteiger partial charge in [-0.3, -0.25) is 10.1 Å². The van der Waals surface area contributed by atoms with Crippen molar-refractivity contribution in [3.8, 4) is 11.4 Å². The number of carbonyl (C=O) groups excluding carboxylic acids is 2. The number of hydrogen-bond acceptors (Lipinski definition) is 6. The van der Waals surface area contributed by atoms with E-state index in [9.17, 15) is 14.4 Å². The lowest BCUT2D eigenvalue weighted by Crippen LogP contribution is -2.29. The Bertz CT molecular complexity index is 2030. The number of nitrogens with zero attached hydrogens (tertiary/aromatic N) is 3. The van der Waals surface area contributed by atoms with Crippen molar-refractivity contribution in [2.45, 2.75) is 40.5 Å². The molecular weight excluding hydrogens is 674 g/mol. The van der Waals surface area contributed by atoms with Gasteiger partial charge in [0.15, 0.2) is 0 Å². The Kier molecular flexibility index (Phi) is 10.6. The molecule has 0 bridgehead atoms. The summed E-state index contributed by atoms with van der Waals surface area (Å²) in [6.07, 6.45) is 0. The Morgan fingerprint density at radius 3 is 2.31 bits per heavy atom. The fourth-order valence-electron chi connectivity index (χ4n) is 4.99. The van der Waals surface area contributed by atoms with Crippen LogP contribution >= 0.6 is 15.9 Å². The molecule has 2 amide bonds. The van der Waals surface area contributed by atoms with E-state index in [4.69, 9.17) is 9.47 Å². The molecule has 0 saturated carbocycles. The van der Waals surface area contributed by atoms with Crippen LogP contribution in [0.4, 0.5) is 10.6 Å². The van der Waals surface area contributed by atoms with Gasteiger partial charge in [0, 0.05) is 24.4 Å². The van der Waals surface area contributed by atoms with Crippen molar-refractivity contribution < 1.29 is 19.1 Å². The molecule has 3 aromatic carbocycles. The quantitative estimate of drug-likeness (QED) is 0.140. The number of halogens is 1. The van der Waals surface area contributed by atoms with Crippen molar-refractivity contribution in [3.63, 3.8) is 0 Å². The van der Waals surface area contributed by atoms with Crippen molar-refractivity contribution in [3.05, 3.63) is 146 Å². The maximum Gasteiger partial charge on any atom is 0.337 e. The van der Waals surface area contributed by atoms with Gasteiger partial charge in [-0.05, 0) is 83.2 Å². The minimum absolute atomic E-state index is 0.179. The number of aryl methyl sites for hydroxylation is 2. The Labute approximate surface area is 287 Å². The first-order valence-electron chi connectivity index (χ1n) is 15.2. The van der Waals surface area contributed by atoms with Gasteiger partial charge < -0.3 is 19.4 Å². The minimum Gasteiger partial charge on any atom is -0.487 e.